The molecule has 0 fully saturated rings. The summed E-state index contributed by atoms with van der Waals surface area (Å²) in [4.78, 5) is 4.04. The molecule has 0 atom stereocenters. The summed E-state index contributed by atoms with van der Waals surface area (Å²) in [6.45, 7) is 1.89. The van der Waals surface area contributed by atoms with Crippen LogP contribution in [0.2, 0.25) is 5.15 Å². The standard InChI is InChI=1S/C12H10BrClN2O2S/c1-8-2-4-10(5-3-8)19(17,18)16-11-6-9(13)7-15-12(11)14/h2-7,16H,1H3. The van der Waals surface area contributed by atoms with E-state index in [4.69, 9.17) is 11.6 Å². The Balaban J connectivity index is 2.36. The van der Waals surface area contributed by atoms with Crippen LogP contribution in [0.3, 0.4) is 0 Å². The Morgan fingerprint density at radius 3 is 2.53 bits per heavy atom. The molecule has 0 aliphatic carbocycles. The maximum Gasteiger partial charge on any atom is 0.261 e. The fraction of sp³-hybridized carbons (Fsp3) is 0.0833. The number of sulfonamides is 1. The monoisotopic (exact) mass is 360 g/mol. The Morgan fingerprint density at radius 1 is 1.26 bits per heavy atom. The number of nitrogens with zero attached hydrogens (tertiary/aromatic N) is 1. The SMILES string of the molecule is Cc1ccc(S(=O)(=O)Nc2cc(Br)cnc2Cl)cc1. The molecule has 0 spiro atoms. The first kappa shape index (κ1) is 14.3. The molecule has 4 nitrogen and oxygen atoms in total. The van der Waals surface area contributed by atoms with Crippen LogP contribution in [0.4, 0.5) is 5.69 Å². The van der Waals surface area contributed by atoms with Gasteiger partial charge in [0.15, 0.2) is 5.15 Å². The Morgan fingerprint density at radius 2 is 1.89 bits per heavy atom. The lowest BCUT2D eigenvalue weighted by atomic mass is 10.2. The predicted octanol–water partition coefficient (Wildman–Crippen LogP) is 3.61. The topological polar surface area (TPSA) is 59.1 Å². The Bertz CT molecular complexity index is 702. The van der Waals surface area contributed by atoms with Crippen molar-refractivity contribution in [2.24, 2.45) is 0 Å². The van der Waals surface area contributed by atoms with Gasteiger partial charge in [-0.1, -0.05) is 29.3 Å². The van der Waals surface area contributed by atoms with Crippen LogP contribution in [-0.2, 0) is 10.0 Å². The van der Waals surface area contributed by atoms with Crippen molar-refractivity contribution in [2.75, 3.05) is 4.72 Å². The highest BCUT2D eigenvalue weighted by Gasteiger charge is 2.16. The summed E-state index contributed by atoms with van der Waals surface area (Å²) in [5.74, 6) is 0. The molecule has 19 heavy (non-hydrogen) atoms. The highest BCUT2D eigenvalue weighted by Crippen LogP contribution is 2.25. The third kappa shape index (κ3) is 3.46. The number of hydrogen-bond donors (Lipinski definition) is 1. The van der Waals surface area contributed by atoms with Gasteiger partial charge in [-0.2, -0.15) is 0 Å². The molecule has 1 aromatic heterocycles. The normalized spacial score (nSPS) is 11.3. The maximum absolute atomic E-state index is 12.2. The van der Waals surface area contributed by atoms with Gasteiger partial charge in [0.25, 0.3) is 10.0 Å². The van der Waals surface area contributed by atoms with E-state index in [1.807, 2.05) is 6.92 Å². The zero-order valence-corrected chi connectivity index (χ0v) is 13.1. The highest BCUT2D eigenvalue weighted by molar-refractivity contribution is 9.10. The lowest BCUT2D eigenvalue weighted by molar-refractivity contribution is 0.601. The van der Waals surface area contributed by atoms with Crippen LogP contribution in [0.15, 0.2) is 45.9 Å². The maximum atomic E-state index is 12.2. The molecular weight excluding hydrogens is 352 g/mol. The minimum atomic E-state index is -3.66. The van der Waals surface area contributed by atoms with Gasteiger partial charge in [0, 0.05) is 10.7 Å². The molecule has 1 heterocycles. The largest absolute Gasteiger partial charge is 0.276 e. The van der Waals surface area contributed by atoms with Crippen LogP contribution >= 0.6 is 27.5 Å². The van der Waals surface area contributed by atoms with Crippen LogP contribution in [0.1, 0.15) is 5.56 Å². The summed E-state index contributed by atoms with van der Waals surface area (Å²) in [7, 11) is -3.66. The lowest BCUT2D eigenvalue weighted by Gasteiger charge is -2.09. The van der Waals surface area contributed by atoms with Crippen molar-refractivity contribution >= 4 is 43.2 Å². The summed E-state index contributed by atoms with van der Waals surface area (Å²) in [5, 5.41) is 0.0962. The fourth-order valence-electron chi connectivity index (χ4n) is 1.42. The number of benzene rings is 1. The quantitative estimate of drug-likeness (QED) is 0.850. The fourth-order valence-corrected chi connectivity index (χ4v) is 3.01. The lowest BCUT2D eigenvalue weighted by Crippen LogP contribution is -2.13. The zero-order valence-electron chi connectivity index (χ0n) is 9.89. The van der Waals surface area contributed by atoms with E-state index in [1.54, 1.807) is 18.2 Å². The minimum Gasteiger partial charge on any atom is -0.276 e. The van der Waals surface area contributed by atoms with Crippen LogP contribution in [-0.4, -0.2) is 13.4 Å². The molecule has 0 amide bonds. The summed E-state index contributed by atoms with van der Waals surface area (Å²) >= 11 is 9.07. The van der Waals surface area contributed by atoms with E-state index in [-0.39, 0.29) is 15.7 Å². The van der Waals surface area contributed by atoms with Crippen molar-refractivity contribution in [1.82, 2.24) is 4.98 Å². The third-order valence-corrected chi connectivity index (χ3v) is 4.50. The predicted molar refractivity (Wildman–Crippen MR) is 78.9 cm³/mol. The van der Waals surface area contributed by atoms with Crippen LogP contribution < -0.4 is 4.72 Å². The van der Waals surface area contributed by atoms with E-state index in [0.29, 0.717) is 4.47 Å². The Kier molecular flexibility index (Phi) is 4.13. The molecule has 2 rings (SSSR count). The van der Waals surface area contributed by atoms with Crippen LogP contribution in [0.25, 0.3) is 0 Å². The number of pyridine rings is 1. The molecule has 7 heteroatoms. The number of aromatic nitrogens is 1. The first-order valence-corrected chi connectivity index (χ1v) is 7.94. The molecule has 0 saturated carbocycles. The minimum absolute atomic E-state index is 0.0962. The molecule has 0 aliphatic rings. The Hall–Kier alpha value is -1.11. The van der Waals surface area contributed by atoms with Crippen molar-refractivity contribution in [3.63, 3.8) is 0 Å². The van der Waals surface area contributed by atoms with E-state index in [0.717, 1.165) is 5.56 Å². The number of anilines is 1. The smallest absolute Gasteiger partial charge is 0.261 e. The van der Waals surface area contributed by atoms with Gasteiger partial charge in [0.2, 0.25) is 0 Å². The van der Waals surface area contributed by atoms with Crippen LogP contribution in [0.5, 0.6) is 0 Å². The summed E-state index contributed by atoms with van der Waals surface area (Å²) in [6.07, 6.45) is 1.49. The first-order valence-electron chi connectivity index (χ1n) is 5.29. The van der Waals surface area contributed by atoms with E-state index in [1.165, 1.54) is 18.3 Å². The molecule has 0 saturated heterocycles. The van der Waals surface area contributed by atoms with Gasteiger partial charge in [-0.3, -0.25) is 4.72 Å². The van der Waals surface area contributed by atoms with Crippen molar-refractivity contribution in [3.8, 4) is 0 Å². The number of halogens is 2. The highest BCUT2D eigenvalue weighted by atomic mass is 79.9. The van der Waals surface area contributed by atoms with Gasteiger partial charge in [-0.05, 0) is 41.1 Å². The van der Waals surface area contributed by atoms with Gasteiger partial charge < -0.3 is 0 Å². The Labute approximate surface area is 125 Å². The molecule has 0 bridgehead atoms. The van der Waals surface area contributed by atoms with Crippen LogP contribution in [0, 0.1) is 6.92 Å². The van der Waals surface area contributed by atoms with Gasteiger partial charge in [0.1, 0.15) is 0 Å². The van der Waals surface area contributed by atoms with E-state index < -0.39 is 10.0 Å². The van der Waals surface area contributed by atoms with Gasteiger partial charge >= 0.3 is 0 Å². The van der Waals surface area contributed by atoms with Crippen molar-refractivity contribution in [3.05, 3.63) is 51.7 Å². The molecular formula is C12H10BrClN2O2S. The van der Waals surface area contributed by atoms with E-state index >= 15 is 0 Å². The molecule has 100 valence electrons. The second kappa shape index (κ2) is 5.48. The average molecular weight is 362 g/mol. The van der Waals surface area contributed by atoms with Gasteiger partial charge in [0.05, 0.1) is 10.6 Å². The number of hydrogen-bond acceptors (Lipinski definition) is 3. The average Bonchev–Trinajstić information content (AvgIpc) is 2.34. The third-order valence-electron chi connectivity index (χ3n) is 2.38. The first-order chi connectivity index (χ1) is 8.88. The molecule has 0 radical (unpaired) electrons. The molecule has 0 unspecified atom stereocenters. The van der Waals surface area contributed by atoms with Gasteiger partial charge in [-0.15, -0.1) is 0 Å². The summed E-state index contributed by atoms with van der Waals surface area (Å²) in [6, 6.07) is 8.10. The van der Waals surface area contributed by atoms with Crippen molar-refractivity contribution in [2.45, 2.75) is 11.8 Å². The summed E-state index contributed by atoms with van der Waals surface area (Å²) < 4.78 is 27.4. The summed E-state index contributed by atoms with van der Waals surface area (Å²) in [5.41, 5.74) is 1.22. The number of rotatable bonds is 3. The molecule has 0 aliphatic heterocycles. The van der Waals surface area contributed by atoms with E-state index in [2.05, 4.69) is 25.6 Å². The van der Waals surface area contributed by atoms with Crippen molar-refractivity contribution < 1.29 is 8.42 Å². The number of nitrogens with one attached hydrogen (secondary N) is 1. The molecule has 1 aromatic carbocycles. The van der Waals surface area contributed by atoms with Gasteiger partial charge in [-0.25, -0.2) is 13.4 Å². The zero-order chi connectivity index (χ0) is 14.0. The van der Waals surface area contributed by atoms with E-state index in [9.17, 15) is 8.42 Å². The van der Waals surface area contributed by atoms with Crippen molar-refractivity contribution in [1.29, 1.82) is 0 Å². The second-order valence-electron chi connectivity index (χ2n) is 3.91. The molecule has 1 N–H and O–H groups in total. The number of aryl methyl sites for hydroxylation is 1. The molecule has 2 aromatic rings. The second-order valence-corrected chi connectivity index (χ2v) is 6.87.